The summed E-state index contributed by atoms with van der Waals surface area (Å²) in [5.41, 5.74) is 0.279. The predicted octanol–water partition coefficient (Wildman–Crippen LogP) is 2.85. The predicted molar refractivity (Wildman–Crippen MR) is 119 cm³/mol. The number of ether oxygens (including phenoxy) is 3. The molecule has 1 aliphatic heterocycles. The summed E-state index contributed by atoms with van der Waals surface area (Å²) >= 11 is 6.18. The van der Waals surface area contributed by atoms with Gasteiger partial charge < -0.3 is 19.5 Å². The van der Waals surface area contributed by atoms with Gasteiger partial charge in [0.25, 0.3) is 0 Å². The summed E-state index contributed by atoms with van der Waals surface area (Å²) in [5.74, 6) is 1.22. The summed E-state index contributed by atoms with van der Waals surface area (Å²) < 4.78 is 42.8. The van der Waals surface area contributed by atoms with E-state index in [-0.39, 0.29) is 30.3 Å². The Hall–Kier alpha value is -2.65. The van der Waals surface area contributed by atoms with E-state index in [4.69, 9.17) is 25.8 Å². The molecule has 10 heteroatoms. The second kappa shape index (κ2) is 9.65. The highest BCUT2D eigenvalue weighted by atomic mass is 35.5. The van der Waals surface area contributed by atoms with Crippen molar-refractivity contribution >= 4 is 33.2 Å². The Kier molecular flexibility index (Phi) is 7.17. The molecule has 0 spiro atoms. The van der Waals surface area contributed by atoms with Gasteiger partial charge in [-0.15, -0.1) is 0 Å². The van der Waals surface area contributed by atoms with Gasteiger partial charge in [0.15, 0.2) is 11.5 Å². The molecule has 1 amide bonds. The number of benzene rings is 2. The summed E-state index contributed by atoms with van der Waals surface area (Å²) in [5, 5.41) is 3.03. The first kappa shape index (κ1) is 23.0. The van der Waals surface area contributed by atoms with Crippen molar-refractivity contribution in [2.75, 3.05) is 30.8 Å². The van der Waals surface area contributed by atoms with E-state index >= 15 is 0 Å². The van der Waals surface area contributed by atoms with Gasteiger partial charge in [0.1, 0.15) is 24.5 Å². The van der Waals surface area contributed by atoms with Crippen LogP contribution in [-0.2, 0) is 14.8 Å². The van der Waals surface area contributed by atoms with Crippen LogP contribution in [0.2, 0.25) is 5.02 Å². The van der Waals surface area contributed by atoms with Crippen molar-refractivity contribution in [2.24, 2.45) is 0 Å². The van der Waals surface area contributed by atoms with Crippen molar-refractivity contribution < 1.29 is 27.4 Å². The first-order valence-corrected chi connectivity index (χ1v) is 12.0. The van der Waals surface area contributed by atoms with Crippen molar-refractivity contribution in [3.8, 4) is 17.2 Å². The standard InChI is InChI=1S/C21H25ClN2O6S/c1-4-17(24(31(3,26)27)14-9-10-18(28-2)16(22)11-14)21(25)23-12-15-13-29-19-7-5-6-8-20(19)30-15/h5-11,15,17H,4,12-13H2,1-3H3,(H,23,25)/t15-,17-/m0/s1. The first-order valence-electron chi connectivity index (χ1n) is 9.73. The normalized spacial score (nSPS) is 16.3. The number of anilines is 1. The molecule has 1 aliphatic rings. The molecule has 3 rings (SSSR count). The maximum atomic E-state index is 13.0. The highest BCUT2D eigenvalue weighted by Gasteiger charge is 2.32. The molecule has 0 bridgehead atoms. The number of nitrogens with one attached hydrogen (secondary N) is 1. The number of carbonyl (C=O) groups excluding carboxylic acids is 1. The topological polar surface area (TPSA) is 94.2 Å². The third kappa shape index (κ3) is 5.34. The second-order valence-corrected chi connectivity index (χ2v) is 9.31. The van der Waals surface area contributed by atoms with Gasteiger partial charge in [0.2, 0.25) is 15.9 Å². The molecule has 0 fully saturated rings. The SMILES string of the molecule is CC[C@@H](C(=O)NC[C@H]1COc2ccccc2O1)N(c1ccc(OC)c(Cl)c1)S(C)(=O)=O. The van der Waals surface area contributed by atoms with E-state index in [2.05, 4.69) is 5.32 Å². The average Bonchev–Trinajstić information content (AvgIpc) is 2.74. The Labute approximate surface area is 187 Å². The van der Waals surface area contributed by atoms with E-state index in [0.717, 1.165) is 10.6 Å². The van der Waals surface area contributed by atoms with Crippen LogP contribution in [0.4, 0.5) is 5.69 Å². The molecule has 168 valence electrons. The van der Waals surface area contributed by atoms with E-state index in [1.54, 1.807) is 31.2 Å². The van der Waals surface area contributed by atoms with Crippen molar-refractivity contribution in [2.45, 2.75) is 25.5 Å². The number of sulfonamides is 1. The van der Waals surface area contributed by atoms with Crippen molar-refractivity contribution in [1.82, 2.24) is 5.32 Å². The van der Waals surface area contributed by atoms with E-state index in [0.29, 0.717) is 17.2 Å². The zero-order valence-corrected chi connectivity index (χ0v) is 19.1. The summed E-state index contributed by atoms with van der Waals surface area (Å²) in [6.45, 7) is 2.19. The zero-order chi connectivity index (χ0) is 22.6. The summed E-state index contributed by atoms with van der Waals surface area (Å²) in [4.78, 5) is 13.0. The molecular weight excluding hydrogens is 444 g/mol. The van der Waals surface area contributed by atoms with Crippen molar-refractivity contribution in [3.05, 3.63) is 47.5 Å². The smallest absolute Gasteiger partial charge is 0.244 e. The Balaban J connectivity index is 1.75. The number of halogens is 1. The molecule has 0 radical (unpaired) electrons. The molecule has 2 aromatic carbocycles. The van der Waals surface area contributed by atoms with Gasteiger partial charge in [0, 0.05) is 0 Å². The highest BCUT2D eigenvalue weighted by Crippen LogP contribution is 2.32. The number of nitrogens with zero attached hydrogens (tertiary/aromatic N) is 1. The third-order valence-electron chi connectivity index (χ3n) is 4.79. The van der Waals surface area contributed by atoms with Crippen LogP contribution in [0.25, 0.3) is 0 Å². The Morgan fingerprint density at radius 3 is 2.61 bits per heavy atom. The number of hydrogen-bond acceptors (Lipinski definition) is 6. The quantitative estimate of drug-likeness (QED) is 0.640. The average molecular weight is 469 g/mol. The van der Waals surface area contributed by atoms with E-state index in [1.807, 2.05) is 12.1 Å². The number of amides is 1. The lowest BCUT2D eigenvalue weighted by molar-refractivity contribution is -0.122. The van der Waals surface area contributed by atoms with Gasteiger partial charge >= 0.3 is 0 Å². The number of hydrogen-bond donors (Lipinski definition) is 1. The Bertz CT molecular complexity index is 1050. The van der Waals surface area contributed by atoms with Gasteiger partial charge in [-0.1, -0.05) is 30.7 Å². The van der Waals surface area contributed by atoms with Crippen LogP contribution >= 0.6 is 11.6 Å². The van der Waals surface area contributed by atoms with Crippen molar-refractivity contribution in [3.63, 3.8) is 0 Å². The summed E-state index contributed by atoms with van der Waals surface area (Å²) in [7, 11) is -2.31. The van der Waals surface area contributed by atoms with Crippen LogP contribution in [0.15, 0.2) is 42.5 Å². The number of methoxy groups -OCH3 is 1. The number of carbonyl (C=O) groups is 1. The van der Waals surface area contributed by atoms with Crippen LogP contribution in [0.5, 0.6) is 17.2 Å². The van der Waals surface area contributed by atoms with Crippen LogP contribution in [0.1, 0.15) is 13.3 Å². The number of rotatable bonds is 8. The zero-order valence-electron chi connectivity index (χ0n) is 17.5. The molecule has 0 unspecified atom stereocenters. The van der Waals surface area contributed by atoms with Gasteiger partial charge in [-0.25, -0.2) is 8.42 Å². The second-order valence-electron chi connectivity index (χ2n) is 7.04. The molecule has 1 heterocycles. The fourth-order valence-corrected chi connectivity index (χ4v) is 4.80. The van der Waals surface area contributed by atoms with Crippen LogP contribution in [-0.4, -0.2) is 53.0 Å². The Morgan fingerprint density at radius 1 is 1.29 bits per heavy atom. The molecule has 0 saturated carbocycles. The fourth-order valence-electron chi connectivity index (χ4n) is 3.35. The number of fused-ring (bicyclic) bond motifs is 1. The van der Waals surface area contributed by atoms with Crippen LogP contribution in [0.3, 0.4) is 0 Å². The van der Waals surface area contributed by atoms with Gasteiger partial charge in [-0.2, -0.15) is 0 Å². The lowest BCUT2D eigenvalue weighted by atomic mass is 10.1. The summed E-state index contributed by atoms with van der Waals surface area (Å²) in [6.07, 6.45) is 0.919. The fraction of sp³-hybridized carbons (Fsp3) is 0.381. The maximum absolute atomic E-state index is 13.0. The third-order valence-corrected chi connectivity index (χ3v) is 6.27. The minimum atomic E-state index is -3.78. The lowest BCUT2D eigenvalue weighted by Crippen LogP contribution is -2.51. The van der Waals surface area contributed by atoms with E-state index in [9.17, 15) is 13.2 Å². The molecule has 0 aliphatic carbocycles. The molecule has 8 nitrogen and oxygen atoms in total. The van der Waals surface area contributed by atoms with Gasteiger partial charge in [-0.3, -0.25) is 9.10 Å². The number of para-hydroxylation sites is 2. The largest absolute Gasteiger partial charge is 0.495 e. The molecule has 0 saturated heterocycles. The molecular formula is C21H25ClN2O6S. The lowest BCUT2D eigenvalue weighted by Gasteiger charge is -2.31. The minimum absolute atomic E-state index is 0.171. The van der Waals surface area contributed by atoms with Crippen LogP contribution in [0, 0.1) is 0 Å². The molecule has 31 heavy (non-hydrogen) atoms. The molecule has 0 aromatic heterocycles. The molecule has 1 N–H and O–H groups in total. The van der Waals surface area contributed by atoms with Gasteiger partial charge in [-0.05, 0) is 36.8 Å². The first-order chi connectivity index (χ1) is 14.7. The van der Waals surface area contributed by atoms with Crippen molar-refractivity contribution in [1.29, 1.82) is 0 Å². The van der Waals surface area contributed by atoms with E-state index < -0.39 is 28.1 Å². The Morgan fingerprint density at radius 2 is 2.00 bits per heavy atom. The molecule has 2 atom stereocenters. The summed E-state index contributed by atoms with van der Waals surface area (Å²) in [6, 6.07) is 10.9. The highest BCUT2D eigenvalue weighted by molar-refractivity contribution is 7.92. The van der Waals surface area contributed by atoms with Crippen LogP contribution < -0.4 is 23.8 Å². The monoisotopic (exact) mass is 468 g/mol. The van der Waals surface area contributed by atoms with E-state index in [1.165, 1.54) is 13.2 Å². The minimum Gasteiger partial charge on any atom is -0.495 e. The maximum Gasteiger partial charge on any atom is 0.244 e. The van der Waals surface area contributed by atoms with Gasteiger partial charge in [0.05, 0.1) is 30.6 Å². The molecule has 2 aromatic rings.